The van der Waals surface area contributed by atoms with Crippen LogP contribution in [0.1, 0.15) is 18.1 Å². The molecule has 1 N–H and O–H groups in total. The van der Waals surface area contributed by atoms with E-state index < -0.39 is 34.5 Å². The summed E-state index contributed by atoms with van der Waals surface area (Å²) >= 11 is 1.19. The summed E-state index contributed by atoms with van der Waals surface area (Å²) < 4.78 is 63.8. The highest BCUT2D eigenvalue weighted by atomic mass is 32.2. The van der Waals surface area contributed by atoms with Gasteiger partial charge in [-0.25, -0.2) is 8.78 Å². The van der Waals surface area contributed by atoms with Crippen LogP contribution in [-0.2, 0) is 16.7 Å². The van der Waals surface area contributed by atoms with Crippen LogP contribution in [0.3, 0.4) is 0 Å². The van der Waals surface area contributed by atoms with Gasteiger partial charge < -0.3 is 5.32 Å². The van der Waals surface area contributed by atoms with Crippen molar-refractivity contribution in [1.29, 1.82) is 0 Å². The second-order valence-electron chi connectivity index (χ2n) is 5.26. The van der Waals surface area contributed by atoms with E-state index in [4.69, 9.17) is 0 Å². The van der Waals surface area contributed by atoms with E-state index in [1.807, 2.05) is 0 Å². The van der Waals surface area contributed by atoms with E-state index in [0.717, 1.165) is 24.3 Å². The molecule has 1 unspecified atom stereocenters. The van der Waals surface area contributed by atoms with Gasteiger partial charge >= 0.3 is 6.18 Å². The molecule has 1 amide bonds. The summed E-state index contributed by atoms with van der Waals surface area (Å²) in [6, 6.07) is 7.47. The Kier molecular flexibility index (Phi) is 6.05. The van der Waals surface area contributed by atoms with Crippen LogP contribution >= 0.6 is 11.8 Å². The Balaban J connectivity index is 1.91. The van der Waals surface area contributed by atoms with Gasteiger partial charge in [0.15, 0.2) is 0 Å². The van der Waals surface area contributed by atoms with E-state index in [2.05, 4.69) is 5.32 Å². The highest BCUT2D eigenvalue weighted by molar-refractivity contribution is 7.99. The number of carbonyl (C=O) groups excluding carboxylic acids is 1. The maximum absolute atomic E-state index is 13.5. The molecule has 2 aromatic rings. The third-order valence-electron chi connectivity index (χ3n) is 3.34. The van der Waals surface area contributed by atoms with Gasteiger partial charge in [0.25, 0.3) is 0 Å². The molecule has 0 spiro atoms. The fourth-order valence-electron chi connectivity index (χ4n) is 1.91. The molecule has 0 radical (unpaired) electrons. The van der Waals surface area contributed by atoms with Gasteiger partial charge in [-0.2, -0.15) is 13.2 Å². The van der Waals surface area contributed by atoms with Crippen molar-refractivity contribution in [2.45, 2.75) is 24.1 Å². The van der Waals surface area contributed by atoms with Gasteiger partial charge in [-0.15, -0.1) is 11.8 Å². The van der Waals surface area contributed by atoms with Crippen LogP contribution in [0.15, 0.2) is 42.5 Å². The van der Waals surface area contributed by atoms with E-state index in [0.29, 0.717) is 17.4 Å². The molecular weight excluding hydrogens is 361 g/mol. The second kappa shape index (κ2) is 7.86. The van der Waals surface area contributed by atoms with Crippen LogP contribution in [0, 0.1) is 11.6 Å². The van der Waals surface area contributed by atoms with Gasteiger partial charge in [0, 0.05) is 11.8 Å². The third kappa shape index (κ3) is 5.45. The van der Waals surface area contributed by atoms with E-state index in [1.54, 1.807) is 6.92 Å². The number of hydrogen-bond acceptors (Lipinski definition) is 2. The summed E-state index contributed by atoms with van der Waals surface area (Å²) in [6.45, 7) is 1.59. The highest BCUT2D eigenvalue weighted by Crippen LogP contribution is 2.30. The highest BCUT2D eigenvalue weighted by Gasteiger charge is 2.29. The lowest BCUT2D eigenvalue weighted by Crippen LogP contribution is -2.23. The summed E-state index contributed by atoms with van der Waals surface area (Å²) in [6.07, 6.45) is -4.39. The Hall–Kier alpha value is -2.09. The Bertz CT molecular complexity index is 746. The lowest BCUT2D eigenvalue weighted by molar-refractivity contribution is -0.137. The van der Waals surface area contributed by atoms with Gasteiger partial charge in [0.2, 0.25) is 5.91 Å². The number of benzene rings is 2. The van der Waals surface area contributed by atoms with Crippen LogP contribution in [0.2, 0.25) is 0 Å². The van der Waals surface area contributed by atoms with Gasteiger partial charge in [0.1, 0.15) is 11.6 Å². The van der Waals surface area contributed by atoms with Crippen LogP contribution in [0.5, 0.6) is 0 Å². The fraction of sp³-hybridized carbons (Fsp3) is 0.235. The summed E-state index contributed by atoms with van der Waals surface area (Å²) in [4.78, 5) is 12.0. The number of rotatable bonds is 5. The minimum absolute atomic E-state index is 0.131. The van der Waals surface area contributed by atoms with Gasteiger partial charge in [-0.05, 0) is 36.8 Å². The Labute approximate surface area is 145 Å². The molecule has 0 fully saturated rings. The number of carbonyl (C=O) groups is 1. The molecular formula is C17H14F5NOS. The van der Waals surface area contributed by atoms with Crippen LogP contribution in [-0.4, -0.2) is 11.2 Å². The van der Waals surface area contributed by atoms with Crippen molar-refractivity contribution in [2.75, 3.05) is 5.32 Å². The lowest BCUT2D eigenvalue weighted by atomic mass is 10.1. The molecule has 0 aliphatic rings. The average molecular weight is 375 g/mol. The fourth-order valence-corrected chi connectivity index (χ4v) is 2.76. The molecule has 2 rings (SSSR count). The standard InChI is InChI=1S/C17H14F5NOS/c1-10(16(24)23-15-7-6-13(18)8-14(15)19)25-9-11-2-4-12(5-3-11)17(20,21)22/h2-8,10H,9H2,1H3,(H,23,24). The molecule has 25 heavy (non-hydrogen) atoms. The number of alkyl halides is 3. The van der Waals surface area contributed by atoms with E-state index >= 15 is 0 Å². The van der Waals surface area contributed by atoms with Crippen molar-refractivity contribution in [3.05, 3.63) is 65.2 Å². The molecule has 2 aromatic carbocycles. The van der Waals surface area contributed by atoms with Gasteiger partial charge in [0.05, 0.1) is 16.5 Å². The molecule has 0 heterocycles. The van der Waals surface area contributed by atoms with Crippen molar-refractivity contribution in [3.8, 4) is 0 Å². The van der Waals surface area contributed by atoms with Crippen molar-refractivity contribution < 1.29 is 26.7 Å². The maximum Gasteiger partial charge on any atom is 0.416 e. The Morgan fingerprint density at radius 3 is 2.32 bits per heavy atom. The van der Waals surface area contributed by atoms with Gasteiger partial charge in [-0.3, -0.25) is 4.79 Å². The molecule has 134 valence electrons. The quantitative estimate of drug-likeness (QED) is 0.724. The molecule has 0 aliphatic heterocycles. The molecule has 0 saturated carbocycles. The molecule has 8 heteroatoms. The Morgan fingerprint density at radius 2 is 1.76 bits per heavy atom. The second-order valence-corrected chi connectivity index (χ2v) is 6.59. The number of hydrogen-bond donors (Lipinski definition) is 1. The van der Waals surface area contributed by atoms with Crippen molar-refractivity contribution in [2.24, 2.45) is 0 Å². The largest absolute Gasteiger partial charge is 0.416 e. The van der Waals surface area contributed by atoms with E-state index in [1.165, 1.54) is 23.9 Å². The Morgan fingerprint density at radius 1 is 1.12 bits per heavy atom. The number of thioether (sulfide) groups is 1. The maximum atomic E-state index is 13.5. The SMILES string of the molecule is CC(SCc1ccc(C(F)(F)F)cc1)C(=O)Nc1ccc(F)cc1F. The summed E-state index contributed by atoms with van der Waals surface area (Å²) in [5, 5.41) is 1.78. The predicted molar refractivity (Wildman–Crippen MR) is 87.2 cm³/mol. The number of nitrogens with one attached hydrogen (secondary N) is 1. The number of amides is 1. The lowest BCUT2D eigenvalue weighted by Gasteiger charge is -2.13. The van der Waals surface area contributed by atoms with Crippen LogP contribution in [0.4, 0.5) is 27.6 Å². The van der Waals surface area contributed by atoms with Crippen molar-refractivity contribution in [3.63, 3.8) is 0 Å². The first-order valence-corrected chi connectivity index (χ1v) is 8.25. The molecule has 0 saturated heterocycles. The summed E-state index contributed by atoms with van der Waals surface area (Å²) in [7, 11) is 0. The van der Waals surface area contributed by atoms with Crippen LogP contribution in [0.25, 0.3) is 0 Å². The summed E-state index contributed by atoms with van der Waals surface area (Å²) in [5.74, 6) is -1.80. The molecule has 2 nitrogen and oxygen atoms in total. The summed E-state index contributed by atoms with van der Waals surface area (Å²) in [5.41, 5.74) is -0.238. The van der Waals surface area contributed by atoms with Crippen LogP contribution < -0.4 is 5.32 Å². The minimum atomic E-state index is -4.39. The van der Waals surface area contributed by atoms with Crippen molar-refractivity contribution in [1.82, 2.24) is 0 Å². The first-order chi connectivity index (χ1) is 11.7. The van der Waals surface area contributed by atoms with E-state index in [9.17, 15) is 26.7 Å². The first kappa shape index (κ1) is 19.2. The molecule has 0 aliphatic carbocycles. The minimum Gasteiger partial charge on any atom is -0.323 e. The zero-order valence-corrected chi connectivity index (χ0v) is 13.8. The molecule has 1 atom stereocenters. The average Bonchev–Trinajstić information content (AvgIpc) is 2.54. The predicted octanol–water partition coefficient (Wildman–Crippen LogP) is 5.24. The smallest absolute Gasteiger partial charge is 0.323 e. The first-order valence-electron chi connectivity index (χ1n) is 7.20. The number of anilines is 1. The van der Waals surface area contributed by atoms with Crippen molar-refractivity contribution >= 4 is 23.4 Å². The van der Waals surface area contributed by atoms with Gasteiger partial charge in [-0.1, -0.05) is 12.1 Å². The zero-order valence-electron chi connectivity index (χ0n) is 13.0. The zero-order chi connectivity index (χ0) is 18.6. The van der Waals surface area contributed by atoms with E-state index in [-0.39, 0.29) is 5.69 Å². The number of halogens is 5. The molecule has 0 aromatic heterocycles. The normalized spacial score (nSPS) is 12.7. The third-order valence-corrected chi connectivity index (χ3v) is 4.55. The molecule has 0 bridgehead atoms. The topological polar surface area (TPSA) is 29.1 Å². The monoisotopic (exact) mass is 375 g/mol.